The molecule has 0 unspecified atom stereocenters. The molecule has 6 heteroatoms. The fraction of sp³-hybridized carbons (Fsp3) is 0.846. The molecule has 110 valence electrons. The molecule has 1 aliphatic rings. The van der Waals surface area contributed by atoms with Gasteiger partial charge in [0, 0.05) is 20.1 Å². The summed E-state index contributed by atoms with van der Waals surface area (Å²) >= 11 is 0. The SMILES string of the molecule is CCN(CC(=O)O)C(=O)N(C)CC1CCN(C)CC1. The summed E-state index contributed by atoms with van der Waals surface area (Å²) in [7, 11) is 3.86. The Balaban J connectivity index is 2.44. The maximum absolute atomic E-state index is 12.1. The van der Waals surface area contributed by atoms with Crippen molar-refractivity contribution in [1.29, 1.82) is 0 Å². The molecular weight excluding hydrogens is 246 g/mol. The van der Waals surface area contributed by atoms with Crippen molar-refractivity contribution in [3.05, 3.63) is 0 Å². The van der Waals surface area contributed by atoms with E-state index in [-0.39, 0.29) is 12.6 Å². The van der Waals surface area contributed by atoms with Crippen LogP contribution in [-0.4, -0.2) is 78.6 Å². The number of hydrogen-bond acceptors (Lipinski definition) is 3. The van der Waals surface area contributed by atoms with Crippen LogP contribution in [0.25, 0.3) is 0 Å². The largest absolute Gasteiger partial charge is 0.480 e. The minimum atomic E-state index is -0.970. The summed E-state index contributed by atoms with van der Waals surface area (Å²) < 4.78 is 0. The molecule has 0 aromatic carbocycles. The summed E-state index contributed by atoms with van der Waals surface area (Å²) in [5.74, 6) is -0.448. The molecule has 1 rings (SSSR count). The number of urea groups is 1. The van der Waals surface area contributed by atoms with E-state index in [9.17, 15) is 9.59 Å². The van der Waals surface area contributed by atoms with Gasteiger partial charge in [-0.2, -0.15) is 0 Å². The first kappa shape index (κ1) is 15.8. The highest BCUT2D eigenvalue weighted by Gasteiger charge is 2.23. The maximum Gasteiger partial charge on any atom is 0.323 e. The standard InChI is InChI=1S/C13H25N3O3/c1-4-16(10-12(17)18)13(19)15(3)9-11-5-7-14(2)8-6-11/h11H,4-10H2,1-3H3,(H,17,18). The van der Waals surface area contributed by atoms with Gasteiger partial charge in [-0.3, -0.25) is 4.79 Å². The number of likely N-dealkylation sites (tertiary alicyclic amines) is 1. The number of carboxylic acid groups (broad SMARTS) is 1. The van der Waals surface area contributed by atoms with Crippen molar-refractivity contribution in [2.24, 2.45) is 5.92 Å². The minimum absolute atomic E-state index is 0.191. The van der Waals surface area contributed by atoms with E-state index in [0.29, 0.717) is 19.0 Å². The first-order chi connectivity index (χ1) is 8.93. The van der Waals surface area contributed by atoms with Crippen LogP contribution in [0.2, 0.25) is 0 Å². The van der Waals surface area contributed by atoms with Gasteiger partial charge in [0.2, 0.25) is 0 Å². The molecule has 2 amide bonds. The normalized spacial score (nSPS) is 17.2. The summed E-state index contributed by atoms with van der Waals surface area (Å²) in [6, 6.07) is -0.191. The number of rotatable bonds is 5. The van der Waals surface area contributed by atoms with Crippen LogP contribution >= 0.6 is 0 Å². The Morgan fingerprint density at radius 3 is 2.37 bits per heavy atom. The van der Waals surface area contributed by atoms with Crippen LogP contribution in [0.3, 0.4) is 0 Å². The molecule has 0 aliphatic carbocycles. The van der Waals surface area contributed by atoms with Crippen LogP contribution in [-0.2, 0) is 4.79 Å². The highest BCUT2D eigenvalue weighted by molar-refractivity contribution is 5.80. The highest BCUT2D eigenvalue weighted by atomic mass is 16.4. The molecule has 1 aliphatic heterocycles. The third-order valence-corrected chi connectivity index (χ3v) is 3.68. The zero-order chi connectivity index (χ0) is 14.4. The number of aliphatic carboxylic acids is 1. The number of carboxylic acids is 1. The average Bonchev–Trinajstić information content (AvgIpc) is 2.37. The molecule has 19 heavy (non-hydrogen) atoms. The predicted octanol–water partition coefficient (Wildman–Crippen LogP) is 0.787. The van der Waals surface area contributed by atoms with E-state index in [4.69, 9.17) is 5.11 Å². The summed E-state index contributed by atoms with van der Waals surface area (Å²) in [4.78, 5) is 28.1. The number of hydrogen-bond donors (Lipinski definition) is 1. The molecule has 0 aromatic rings. The fourth-order valence-electron chi connectivity index (χ4n) is 2.43. The van der Waals surface area contributed by atoms with Gasteiger partial charge in [0.25, 0.3) is 0 Å². The first-order valence-corrected chi connectivity index (χ1v) is 6.84. The Morgan fingerprint density at radius 1 is 1.32 bits per heavy atom. The number of likely N-dealkylation sites (N-methyl/N-ethyl adjacent to an activating group) is 1. The van der Waals surface area contributed by atoms with E-state index < -0.39 is 5.97 Å². The van der Waals surface area contributed by atoms with Gasteiger partial charge in [-0.05, 0) is 45.8 Å². The Bertz CT molecular complexity index is 314. The zero-order valence-corrected chi connectivity index (χ0v) is 12.1. The monoisotopic (exact) mass is 271 g/mol. The molecule has 1 saturated heterocycles. The topological polar surface area (TPSA) is 64.1 Å². The van der Waals surface area contributed by atoms with Crippen LogP contribution in [0.15, 0.2) is 0 Å². The van der Waals surface area contributed by atoms with Crippen molar-refractivity contribution in [1.82, 2.24) is 14.7 Å². The Morgan fingerprint density at radius 2 is 1.89 bits per heavy atom. The van der Waals surface area contributed by atoms with Crippen molar-refractivity contribution in [2.75, 3.05) is 46.8 Å². The van der Waals surface area contributed by atoms with E-state index >= 15 is 0 Å². The third-order valence-electron chi connectivity index (χ3n) is 3.68. The zero-order valence-electron chi connectivity index (χ0n) is 12.1. The van der Waals surface area contributed by atoms with Crippen LogP contribution in [0, 0.1) is 5.92 Å². The number of carbonyl (C=O) groups excluding carboxylic acids is 1. The lowest BCUT2D eigenvalue weighted by Gasteiger charge is -2.33. The van der Waals surface area contributed by atoms with E-state index in [2.05, 4.69) is 11.9 Å². The van der Waals surface area contributed by atoms with Gasteiger partial charge in [0.1, 0.15) is 6.54 Å². The van der Waals surface area contributed by atoms with Crippen molar-refractivity contribution in [3.8, 4) is 0 Å². The smallest absolute Gasteiger partial charge is 0.323 e. The Kier molecular flexibility index (Phi) is 6.08. The van der Waals surface area contributed by atoms with Crippen molar-refractivity contribution in [2.45, 2.75) is 19.8 Å². The molecule has 1 fully saturated rings. The van der Waals surface area contributed by atoms with Crippen molar-refractivity contribution >= 4 is 12.0 Å². The highest BCUT2D eigenvalue weighted by Crippen LogP contribution is 2.17. The molecule has 1 N–H and O–H groups in total. The molecule has 0 aromatic heterocycles. The maximum atomic E-state index is 12.1. The van der Waals surface area contributed by atoms with Gasteiger partial charge in [-0.1, -0.05) is 0 Å². The van der Waals surface area contributed by atoms with E-state index in [0.717, 1.165) is 25.9 Å². The lowest BCUT2D eigenvalue weighted by atomic mass is 9.97. The molecule has 0 spiro atoms. The number of piperidine rings is 1. The summed E-state index contributed by atoms with van der Waals surface area (Å²) in [5.41, 5.74) is 0. The molecular formula is C13H25N3O3. The molecule has 0 atom stereocenters. The van der Waals surface area contributed by atoms with Crippen molar-refractivity contribution in [3.63, 3.8) is 0 Å². The first-order valence-electron chi connectivity index (χ1n) is 6.84. The second-order valence-electron chi connectivity index (χ2n) is 5.32. The molecule has 0 radical (unpaired) electrons. The summed E-state index contributed by atoms with van der Waals surface area (Å²) in [6.07, 6.45) is 2.19. The average molecular weight is 271 g/mol. The number of carbonyl (C=O) groups is 2. The van der Waals surface area contributed by atoms with Crippen LogP contribution in [0.1, 0.15) is 19.8 Å². The van der Waals surface area contributed by atoms with E-state index in [1.54, 1.807) is 18.9 Å². The van der Waals surface area contributed by atoms with E-state index in [1.807, 2.05) is 0 Å². The summed E-state index contributed by atoms with van der Waals surface area (Å²) in [6.45, 7) is 4.83. The lowest BCUT2D eigenvalue weighted by molar-refractivity contribution is -0.137. The van der Waals surface area contributed by atoms with E-state index in [1.165, 1.54) is 4.90 Å². The number of amides is 2. The lowest BCUT2D eigenvalue weighted by Crippen LogP contribution is -2.46. The minimum Gasteiger partial charge on any atom is -0.480 e. The van der Waals surface area contributed by atoms with Gasteiger partial charge in [-0.25, -0.2) is 4.79 Å². The Labute approximate surface area is 115 Å². The third kappa shape index (κ3) is 5.06. The van der Waals surface area contributed by atoms with Crippen LogP contribution in [0.5, 0.6) is 0 Å². The van der Waals surface area contributed by atoms with Crippen LogP contribution < -0.4 is 0 Å². The second-order valence-corrected chi connectivity index (χ2v) is 5.32. The van der Waals surface area contributed by atoms with Gasteiger partial charge < -0.3 is 19.8 Å². The summed E-state index contributed by atoms with van der Waals surface area (Å²) in [5, 5.41) is 8.78. The van der Waals surface area contributed by atoms with Gasteiger partial charge in [0.15, 0.2) is 0 Å². The predicted molar refractivity (Wildman–Crippen MR) is 73.1 cm³/mol. The second kappa shape index (κ2) is 7.33. The Hall–Kier alpha value is -1.30. The van der Waals surface area contributed by atoms with Crippen molar-refractivity contribution < 1.29 is 14.7 Å². The molecule has 0 bridgehead atoms. The van der Waals surface area contributed by atoms with Gasteiger partial charge >= 0.3 is 12.0 Å². The molecule has 0 saturated carbocycles. The quantitative estimate of drug-likeness (QED) is 0.803. The van der Waals surface area contributed by atoms with Gasteiger partial charge in [0.05, 0.1) is 0 Å². The van der Waals surface area contributed by atoms with Gasteiger partial charge in [-0.15, -0.1) is 0 Å². The number of nitrogens with zero attached hydrogens (tertiary/aromatic N) is 3. The molecule has 6 nitrogen and oxygen atoms in total. The molecule has 1 heterocycles. The fourth-order valence-corrected chi connectivity index (χ4v) is 2.43. The van der Waals surface area contributed by atoms with Crippen LogP contribution in [0.4, 0.5) is 4.79 Å².